The van der Waals surface area contributed by atoms with E-state index in [2.05, 4.69) is 24.0 Å². The molecule has 3 nitrogen and oxygen atoms in total. The number of hydrogen-bond acceptors (Lipinski definition) is 3. The van der Waals surface area contributed by atoms with Crippen molar-refractivity contribution >= 4 is 12.0 Å². The summed E-state index contributed by atoms with van der Waals surface area (Å²) in [6.45, 7) is 3.72. The van der Waals surface area contributed by atoms with Crippen molar-refractivity contribution in [1.82, 2.24) is 0 Å². The first kappa shape index (κ1) is 14.1. The largest absolute Gasteiger partial charge is 0.496 e. The lowest BCUT2D eigenvalue weighted by Gasteiger charge is -2.24. The first-order valence-corrected chi connectivity index (χ1v) is 6.70. The molecular weight excluding hydrogens is 250 g/mol. The van der Waals surface area contributed by atoms with Gasteiger partial charge < -0.3 is 9.64 Å². The van der Waals surface area contributed by atoms with Crippen LogP contribution in [0.2, 0.25) is 0 Å². The minimum atomic E-state index is 0.671. The lowest BCUT2D eigenvalue weighted by molar-refractivity contribution is 0.112. The zero-order valence-electron chi connectivity index (χ0n) is 11.9. The lowest BCUT2D eigenvalue weighted by Crippen LogP contribution is -2.22. The molecule has 0 fully saturated rings. The second kappa shape index (κ2) is 6.75. The molecule has 2 aromatic carbocycles. The smallest absolute Gasteiger partial charge is 0.150 e. The van der Waals surface area contributed by atoms with Gasteiger partial charge in [-0.15, -0.1) is 0 Å². The Kier molecular flexibility index (Phi) is 4.77. The van der Waals surface area contributed by atoms with Crippen LogP contribution in [0.15, 0.2) is 48.5 Å². The molecule has 0 saturated carbocycles. The number of ether oxygens (including phenoxy) is 1. The third kappa shape index (κ3) is 3.18. The van der Waals surface area contributed by atoms with Gasteiger partial charge in [-0.25, -0.2) is 0 Å². The van der Waals surface area contributed by atoms with Crippen LogP contribution >= 0.6 is 0 Å². The molecule has 0 aliphatic rings. The Morgan fingerprint density at radius 3 is 2.50 bits per heavy atom. The van der Waals surface area contributed by atoms with Gasteiger partial charge in [-0.05, 0) is 37.3 Å². The Hall–Kier alpha value is -2.29. The Bertz CT molecular complexity index is 566. The second-order valence-corrected chi connectivity index (χ2v) is 4.54. The summed E-state index contributed by atoms with van der Waals surface area (Å²) in [5.41, 5.74) is 2.85. The molecule has 0 spiro atoms. The van der Waals surface area contributed by atoms with Crippen LogP contribution in [0.3, 0.4) is 0 Å². The van der Waals surface area contributed by atoms with Gasteiger partial charge in [0, 0.05) is 29.9 Å². The molecule has 0 aliphatic heterocycles. The van der Waals surface area contributed by atoms with Crippen LogP contribution in [-0.4, -0.2) is 19.9 Å². The van der Waals surface area contributed by atoms with Gasteiger partial charge in [0.05, 0.1) is 7.11 Å². The predicted molar refractivity (Wildman–Crippen MR) is 81.5 cm³/mol. The number of methoxy groups -OCH3 is 1. The van der Waals surface area contributed by atoms with Crippen LogP contribution in [0.25, 0.3) is 0 Å². The number of anilines is 1. The molecule has 2 rings (SSSR count). The van der Waals surface area contributed by atoms with Crippen LogP contribution in [0.5, 0.6) is 5.75 Å². The number of carbonyl (C=O) groups excluding carboxylic acids is 1. The van der Waals surface area contributed by atoms with Crippen molar-refractivity contribution in [3.8, 4) is 5.75 Å². The van der Waals surface area contributed by atoms with Gasteiger partial charge in [-0.2, -0.15) is 0 Å². The van der Waals surface area contributed by atoms with Crippen LogP contribution < -0.4 is 9.64 Å². The van der Waals surface area contributed by atoms with Crippen LogP contribution in [0.4, 0.5) is 5.69 Å². The van der Waals surface area contributed by atoms with Crippen molar-refractivity contribution in [2.75, 3.05) is 18.6 Å². The van der Waals surface area contributed by atoms with Crippen LogP contribution in [0.1, 0.15) is 22.8 Å². The predicted octanol–water partition coefficient (Wildman–Crippen LogP) is 3.53. The number of rotatable bonds is 6. The van der Waals surface area contributed by atoms with E-state index in [1.165, 1.54) is 0 Å². The van der Waals surface area contributed by atoms with E-state index >= 15 is 0 Å². The summed E-state index contributed by atoms with van der Waals surface area (Å²) in [7, 11) is 1.65. The molecule has 0 aromatic heterocycles. The highest BCUT2D eigenvalue weighted by Gasteiger charge is 2.10. The molecule has 0 unspecified atom stereocenters. The average molecular weight is 269 g/mol. The highest BCUT2D eigenvalue weighted by Crippen LogP contribution is 2.24. The van der Waals surface area contributed by atoms with Gasteiger partial charge >= 0.3 is 0 Å². The monoisotopic (exact) mass is 269 g/mol. The summed E-state index contributed by atoms with van der Waals surface area (Å²) < 4.78 is 5.38. The van der Waals surface area contributed by atoms with E-state index in [0.29, 0.717) is 12.1 Å². The normalized spacial score (nSPS) is 10.1. The Labute approximate surface area is 119 Å². The van der Waals surface area contributed by atoms with E-state index in [4.69, 9.17) is 4.74 Å². The molecule has 0 heterocycles. The van der Waals surface area contributed by atoms with Crippen molar-refractivity contribution in [3.63, 3.8) is 0 Å². The fourth-order valence-corrected chi connectivity index (χ4v) is 2.23. The Morgan fingerprint density at radius 2 is 1.90 bits per heavy atom. The first-order valence-electron chi connectivity index (χ1n) is 6.70. The van der Waals surface area contributed by atoms with Gasteiger partial charge in [0.2, 0.25) is 0 Å². The van der Waals surface area contributed by atoms with Gasteiger partial charge in [0.1, 0.15) is 12.0 Å². The summed E-state index contributed by atoms with van der Waals surface area (Å²) in [5.74, 6) is 0.810. The molecule has 0 amide bonds. The highest BCUT2D eigenvalue weighted by atomic mass is 16.5. The van der Waals surface area contributed by atoms with Gasteiger partial charge in [-0.3, -0.25) is 4.79 Å². The standard InChI is InChI=1S/C17H19NO2/c1-3-18(16-7-5-4-6-8-16)12-15-11-14(13-19)9-10-17(15)20-2/h4-11,13H,3,12H2,1-2H3. The van der Waals surface area contributed by atoms with Crippen LogP contribution in [0, 0.1) is 0 Å². The molecule has 0 N–H and O–H groups in total. The molecule has 104 valence electrons. The molecular formula is C17H19NO2. The molecule has 0 radical (unpaired) electrons. The van der Waals surface area contributed by atoms with Gasteiger partial charge in [-0.1, -0.05) is 18.2 Å². The van der Waals surface area contributed by atoms with Gasteiger partial charge in [0.15, 0.2) is 0 Å². The zero-order valence-corrected chi connectivity index (χ0v) is 11.9. The van der Waals surface area contributed by atoms with E-state index in [1.54, 1.807) is 13.2 Å². The maximum atomic E-state index is 10.9. The van der Waals surface area contributed by atoms with Crippen LogP contribution in [-0.2, 0) is 6.54 Å². The van der Waals surface area contributed by atoms with Crippen molar-refractivity contribution in [1.29, 1.82) is 0 Å². The average Bonchev–Trinajstić information content (AvgIpc) is 2.53. The number of hydrogen-bond donors (Lipinski definition) is 0. The van der Waals surface area contributed by atoms with E-state index in [0.717, 1.165) is 29.8 Å². The fraction of sp³-hybridized carbons (Fsp3) is 0.235. The lowest BCUT2D eigenvalue weighted by atomic mass is 10.1. The number of para-hydroxylation sites is 1. The molecule has 20 heavy (non-hydrogen) atoms. The van der Waals surface area contributed by atoms with E-state index in [9.17, 15) is 4.79 Å². The molecule has 3 heteroatoms. The maximum Gasteiger partial charge on any atom is 0.150 e. The summed E-state index contributed by atoms with van der Waals surface area (Å²) in [5, 5.41) is 0. The molecule has 0 saturated heterocycles. The van der Waals surface area contributed by atoms with Crippen molar-refractivity contribution in [2.24, 2.45) is 0 Å². The summed E-state index contributed by atoms with van der Waals surface area (Å²) in [4.78, 5) is 13.2. The van der Waals surface area contributed by atoms with E-state index < -0.39 is 0 Å². The number of nitrogens with zero attached hydrogens (tertiary/aromatic N) is 1. The van der Waals surface area contributed by atoms with E-state index in [1.807, 2.05) is 30.3 Å². The highest BCUT2D eigenvalue weighted by molar-refractivity contribution is 5.75. The number of carbonyl (C=O) groups is 1. The van der Waals surface area contributed by atoms with Crippen molar-refractivity contribution in [3.05, 3.63) is 59.7 Å². The molecule has 0 aliphatic carbocycles. The third-order valence-corrected chi connectivity index (χ3v) is 3.30. The summed E-state index contributed by atoms with van der Waals surface area (Å²) in [6.07, 6.45) is 0.863. The Balaban J connectivity index is 2.29. The van der Waals surface area contributed by atoms with E-state index in [-0.39, 0.29) is 0 Å². The van der Waals surface area contributed by atoms with Crippen molar-refractivity contribution < 1.29 is 9.53 Å². The number of benzene rings is 2. The van der Waals surface area contributed by atoms with Gasteiger partial charge in [0.25, 0.3) is 0 Å². The molecule has 0 atom stereocenters. The quantitative estimate of drug-likeness (QED) is 0.751. The minimum absolute atomic E-state index is 0.671. The summed E-state index contributed by atoms with van der Waals surface area (Å²) in [6, 6.07) is 15.7. The third-order valence-electron chi connectivity index (χ3n) is 3.30. The fourth-order valence-electron chi connectivity index (χ4n) is 2.23. The maximum absolute atomic E-state index is 10.9. The summed E-state index contributed by atoms with van der Waals surface area (Å²) >= 11 is 0. The molecule has 2 aromatic rings. The molecule has 0 bridgehead atoms. The zero-order chi connectivity index (χ0) is 14.4. The number of aldehydes is 1. The first-order chi connectivity index (χ1) is 9.78. The Morgan fingerprint density at radius 1 is 1.15 bits per heavy atom. The topological polar surface area (TPSA) is 29.5 Å². The SMILES string of the molecule is CCN(Cc1cc(C=O)ccc1OC)c1ccccc1. The minimum Gasteiger partial charge on any atom is -0.496 e. The van der Waals surface area contributed by atoms with Crippen molar-refractivity contribution in [2.45, 2.75) is 13.5 Å². The second-order valence-electron chi connectivity index (χ2n) is 4.54.